The maximum atomic E-state index is 13.1. The second-order valence-corrected chi connectivity index (χ2v) is 8.51. The molecule has 0 aliphatic heterocycles. The first kappa shape index (κ1) is 21.7. The zero-order valence-electron chi connectivity index (χ0n) is 17.1. The van der Waals surface area contributed by atoms with Gasteiger partial charge in [0.25, 0.3) is 11.5 Å². The first-order valence-corrected chi connectivity index (χ1v) is 10.7. The van der Waals surface area contributed by atoms with Crippen molar-refractivity contribution >= 4 is 50.7 Å². The molecular weight excluding hydrogens is 452 g/mol. The molecule has 0 bridgehead atoms. The number of nitrogens with zero attached hydrogens (tertiary/aromatic N) is 3. The molecule has 0 atom stereocenters. The molecular formula is C22H17ClN4O4S. The van der Waals surface area contributed by atoms with Gasteiger partial charge in [-0.3, -0.25) is 14.9 Å². The number of fused-ring (bicyclic) bond motifs is 1. The Morgan fingerprint density at radius 3 is 2.44 bits per heavy atom. The van der Waals surface area contributed by atoms with Crippen LogP contribution in [0.3, 0.4) is 0 Å². The van der Waals surface area contributed by atoms with Crippen molar-refractivity contribution in [3.8, 4) is 11.1 Å². The Bertz CT molecular complexity index is 1400. The topological polar surface area (TPSA) is 103 Å². The van der Waals surface area contributed by atoms with E-state index >= 15 is 0 Å². The molecule has 0 radical (unpaired) electrons. The van der Waals surface area contributed by atoms with Crippen molar-refractivity contribution in [2.45, 2.75) is 6.92 Å². The summed E-state index contributed by atoms with van der Waals surface area (Å²) in [4.78, 5) is 38.2. The van der Waals surface area contributed by atoms with Gasteiger partial charge in [0.05, 0.1) is 0 Å². The van der Waals surface area contributed by atoms with Crippen LogP contribution in [0.25, 0.3) is 21.9 Å². The number of hydrogen-bond donors (Lipinski definition) is 1. The lowest BCUT2D eigenvalue weighted by Gasteiger charge is -2.16. The maximum Gasteiger partial charge on any atom is 0.356 e. The number of halogens is 1. The smallest absolute Gasteiger partial charge is 0.356 e. The molecule has 1 amide bonds. The van der Waals surface area contributed by atoms with Crippen LogP contribution in [0.15, 0.2) is 53.3 Å². The van der Waals surface area contributed by atoms with E-state index in [2.05, 4.69) is 15.5 Å². The summed E-state index contributed by atoms with van der Waals surface area (Å²) in [5.74, 6) is -1.36. The average molecular weight is 469 g/mol. The van der Waals surface area contributed by atoms with E-state index in [1.54, 1.807) is 55.5 Å². The molecule has 0 saturated carbocycles. The highest BCUT2D eigenvalue weighted by Gasteiger charge is 2.23. The molecule has 4 aromatic rings. The fraction of sp³-hybridized carbons (Fsp3) is 0.136. The van der Waals surface area contributed by atoms with Crippen LogP contribution >= 0.6 is 22.9 Å². The van der Waals surface area contributed by atoms with Crippen molar-refractivity contribution in [2.24, 2.45) is 7.05 Å². The van der Waals surface area contributed by atoms with Crippen LogP contribution in [-0.2, 0) is 16.6 Å². The number of carbonyl (C=O) groups is 2. The normalized spacial score (nSPS) is 10.8. The molecule has 2 heterocycles. The van der Waals surface area contributed by atoms with Gasteiger partial charge in [0, 0.05) is 23.0 Å². The average Bonchev–Trinajstić information content (AvgIpc) is 3.19. The van der Waals surface area contributed by atoms with Crippen molar-refractivity contribution < 1.29 is 14.3 Å². The summed E-state index contributed by atoms with van der Waals surface area (Å²) < 4.78 is 6.50. The van der Waals surface area contributed by atoms with Crippen LogP contribution in [0.1, 0.15) is 15.5 Å². The third-order valence-electron chi connectivity index (χ3n) is 4.74. The molecule has 0 fully saturated rings. The van der Waals surface area contributed by atoms with E-state index in [-0.39, 0.29) is 11.3 Å². The van der Waals surface area contributed by atoms with Crippen LogP contribution in [-0.4, -0.2) is 33.2 Å². The number of ether oxygens (including phenoxy) is 1. The minimum atomic E-state index is -0.802. The van der Waals surface area contributed by atoms with Crippen molar-refractivity contribution in [3.63, 3.8) is 0 Å². The molecule has 0 aliphatic carbocycles. The molecule has 10 heteroatoms. The Morgan fingerprint density at radius 2 is 1.78 bits per heavy atom. The van der Waals surface area contributed by atoms with Crippen LogP contribution in [0, 0.1) is 6.92 Å². The molecule has 0 unspecified atom stereocenters. The minimum absolute atomic E-state index is 0.0376. The summed E-state index contributed by atoms with van der Waals surface area (Å²) in [5.41, 5.74) is 0.890. The van der Waals surface area contributed by atoms with Crippen molar-refractivity contribution in [2.75, 3.05) is 11.9 Å². The van der Waals surface area contributed by atoms with E-state index in [0.29, 0.717) is 37.1 Å². The van der Waals surface area contributed by atoms with Gasteiger partial charge in [-0.1, -0.05) is 53.3 Å². The quantitative estimate of drug-likeness (QED) is 0.447. The molecule has 1 N–H and O–H groups in total. The van der Waals surface area contributed by atoms with E-state index in [4.69, 9.17) is 16.3 Å². The number of pyridine rings is 1. The van der Waals surface area contributed by atoms with Gasteiger partial charge in [-0.05, 0) is 36.1 Å². The third kappa shape index (κ3) is 4.25. The molecule has 32 heavy (non-hydrogen) atoms. The predicted molar refractivity (Wildman–Crippen MR) is 123 cm³/mol. The number of esters is 1. The van der Waals surface area contributed by atoms with Gasteiger partial charge in [-0.2, -0.15) is 0 Å². The van der Waals surface area contributed by atoms with Gasteiger partial charge in [0.1, 0.15) is 10.7 Å². The van der Waals surface area contributed by atoms with Crippen LogP contribution in [0.2, 0.25) is 5.02 Å². The Balaban J connectivity index is 1.72. The van der Waals surface area contributed by atoms with Gasteiger partial charge in [-0.15, -0.1) is 10.2 Å². The number of carbonyl (C=O) groups excluding carboxylic acids is 2. The number of aromatic nitrogens is 3. The van der Waals surface area contributed by atoms with Gasteiger partial charge in [0.2, 0.25) is 5.13 Å². The van der Waals surface area contributed by atoms with Crippen molar-refractivity contribution in [1.29, 1.82) is 0 Å². The molecule has 0 saturated heterocycles. The van der Waals surface area contributed by atoms with Crippen LogP contribution < -0.4 is 10.9 Å². The Morgan fingerprint density at radius 1 is 1.09 bits per heavy atom. The number of hydrogen-bond acceptors (Lipinski definition) is 7. The highest BCUT2D eigenvalue weighted by molar-refractivity contribution is 7.15. The van der Waals surface area contributed by atoms with E-state index in [1.807, 2.05) is 0 Å². The highest BCUT2D eigenvalue weighted by Crippen LogP contribution is 2.31. The summed E-state index contributed by atoms with van der Waals surface area (Å²) in [6, 6.07) is 13.9. The largest absolute Gasteiger partial charge is 0.451 e. The molecule has 2 aromatic carbocycles. The van der Waals surface area contributed by atoms with E-state index < -0.39 is 18.5 Å². The Hall–Kier alpha value is -3.56. The first-order valence-electron chi connectivity index (χ1n) is 9.50. The second kappa shape index (κ2) is 8.89. The molecule has 8 nitrogen and oxygen atoms in total. The number of nitrogens with one attached hydrogen (secondary N) is 1. The SMILES string of the molecule is Cc1nnc(NC(=O)COC(=O)c2c(-c3ccc(Cl)cc3)c3ccccc3c(=O)n2C)s1. The maximum absolute atomic E-state index is 13.1. The molecule has 162 valence electrons. The molecule has 0 spiro atoms. The number of aryl methyl sites for hydroxylation is 1. The summed E-state index contributed by atoms with van der Waals surface area (Å²) in [7, 11) is 1.49. The molecule has 2 aromatic heterocycles. The lowest BCUT2D eigenvalue weighted by molar-refractivity contribution is -0.119. The Kier molecular flexibility index (Phi) is 6.02. The highest BCUT2D eigenvalue weighted by atomic mass is 35.5. The molecule has 0 aliphatic rings. The van der Waals surface area contributed by atoms with Crippen LogP contribution in [0.5, 0.6) is 0 Å². The molecule has 4 rings (SSSR count). The van der Waals surface area contributed by atoms with E-state index in [1.165, 1.54) is 23.0 Å². The van der Waals surface area contributed by atoms with Gasteiger partial charge in [-0.25, -0.2) is 4.79 Å². The van der Waals surface area contributed by atoms with Gasteiger partial charge < -0.3 is 9.30 Å². The number of rotatable bonds is 5. The van der Waals surface area contributed by atoms with Crippen LogP contribution in [0.4, 0.5) is 5.13 Å². The van der Waals surface area contributed by atoms with E-state index in [0.717, 1.165) is 0 Å². The predicted octanol–water partition coefficient (Wildman–Crippen LogP) is 3.81. The fourth-order valence-electron chi connectivity index (χ4n) is 3.31. The zero-order valence-corrected chi connectivity index (χ0v) is 18.7. The standard InChI is InChI=1S/C22H17ClN4O4S/c1-12-25-26-22(32-12)24-17(28)11-31-21(30)19-18(13-7-9-14(23)10-8-13)15-5-3-4-6-16(15)20(29)27(19)2/h3-10H,11H2,1-2H3,(H,24,26,28). The summed E-state index contributed by atoms with van der Waals surface area (Å²) in [6.07, 6.45) is 0. The monoisotopic (exact) mass is 468 g/mol. The Labute approximate surface area is 191 Å². The summed E-state index contributed by atoms with van der Waals surface area (Å²) >= 11 is 7.23. The summed E-state index contributed by atoms with van der Waals surface area (Å²) in [5, 5.41) is 12.7. The number of amides is 1. The van der Waals surface area contributed by atoms with Crippen molar-refractivity contribution in [1.82, 2.24) is 14.8 Å². The van der Waals surface area contributed by atoms with Gasteiger partial charge in [0.15, 0.2) is 6.61 Å². The van der Waals surface area contributed by atoms with Gasteiger partial charge >= 0.3 is 5.97 Å². The lowest BCUT2D eigenvalue weighted by Crippen LogP contribution is -2.28. The zero-order chi connectivity index (χ0) is 22.8. The lowest BCUT2D eigenvalue weighted by atomic mass is 9.97. The van der Waals surface area contributed by atoms with E-state index in [9.17, 15) is 14.4 Å². The fourth-order valence-corrected chi connectivity index (χ4v) is 4.05. The number of benzene rings is 2. The minimum Gasteiger partial charge on any atom is -0.451 e. The second-order valence-electron chi connectivity index (χ2n) is 6.89. The van der Waals surface area contributed by atoms with Crippen molar-refractivity contribution in [3.05, 3.63) is 74.6 Å². The summed E-state index contributed by atoms with van der Waals surface area (Å²) in [6.45, 7) is 1.21. The third-order valence-corrected chi connectivity index (χ3v) is 5.74. The first-order chi connectivity index (χ1) is 15.3. The number of anilines is 1.